The van der Waals surface area contributed by atoms with Crippen molar-refractivity contribution >= 4 is 29.2 Å². The first-order valence-electron chi connectivity index (χ1n) is 8.21. The SMILES string of the molecule is CCOC(=O)Nc1ccc(-c2ccc(NC(=O)OCC)c([N+](=O)[O-])c2)cc1. The van der Waals surface area contributed by atoms with Gasteiger partial charge in [0.25, 0.3) is 5.69 Å². The Bertz CT molecular complexity index is 835. The molecule has 0 spiro atoms. The van der Waals surface area contributed by atoms with Crippen LogP contribution in [0.15, 0.2) is 42.5 Å². The molecule has 0 heterocycles. The molecule has 9 nitrogen and oxygen atoms in total. The zero-order chi connectivity index (χ0) is 19.8. The van der Waals surface area contributed by atoms with Gasteiger partial charge in [-0.25, -0.2) is 9.59 Å². The van der Waals surface area contributed by atoms with Crippen LogP contribution in [0, 0.1) is 10.1 Å². The number of nitrogens with zero attached hydrogens (tertiary/aromatic N) is 1. The fourth-order valence-electron chi connectivity index (χ4n) is 2.28. The number of hydrogen-bond donors (Lipinski definition) is 2. The van der Waals surface area contributed by atoms with Crippen molar-refractivity contribution in [3.05, 3.63) is 52.6 Å². The second kappa shape index (κ2) is 9.18. The fraction of sp³-hybridized carbons (Fsp3) is 0.222. The van der Waals surface area contributed by atoms with Gasteiger partial charge in [0.05, 0.1) is 18.1 Å². The molecule has 0 aliphatic rings. The Morgan fingerprint density at radius 2 is 1.48 bits per heavy atom. The van der Waals surface area contributed by atoms with Crippen LogP contribution < -0.4 is 10.6 Å². The molecule has 2 rings (SSSR count). The van der Waals surface area contributed by atoms with Gasteiger partial charge < -0.3 is 9.47 Å². The number of carbonyl (C=O) groups excluding carboxylic acids is 2. The summed E-state index contributed by atoms with van der Waals surface area (Å²) in [6.45, 7) is 3.76. The van der Waals surface area contributed by atoms with Crippen molar-refractivity contribution in [1.29, 1.82) is 0 Å². The van der Waals surface area contributed by atoms with Crippen LogP contribution in [-0.4, -0.2) is 30.3 Å². The smallest absolute Gasteiger partial charge is 0.411 e. The predicted octanol–water partition coefficient (Wildman–Crippen LogP) is 4.40. The third kappa shape index (κ3) is 5.43. The Morgan fingerprint density at radius 3 is 2.04 bits per heavy atom. The van der Waals surface area contributed by atoms with Crippen LogP contribution in [0.1, 0.15) is 13.8 Å². The van der Waals surface area contributed by atoms with Crippen LogP contribution >= 0.6 is 0 Å². The molecule has 27 heavy (non-hydrogen) atoms. The minimum absolute atomic E-state index is 0.0443. The molecule has 0 radical (unpaired) electrons. The van der Waals surface area contributed by atoms with Crippen LogP contribution in [0.2, 0.25) is 0 Å². The zero-order valence-corrected chi connectivity index (χ0v) is 14.9. The van der Waals surface area contributed by atoms with Gasteiger partial charge in [0.15, 0.2) is 0 Å². The summed E-state index contributed by atoms with van der Waals surface area (Å²) >= 11 is 0. The molecule has 0 atom stereocenters. The highest BCUT2D eigenvalue weighted by Gasteiger charge is 2.17. The van der Waals surface area contributed by atoms with Gasteiger partial charge in [-0.15, -0.1) is 0 Å². The van der Waals surface area contributed by atoms with Crippen LogP contribution in [-0.2, 0) is 9.47 Å². The number of nitro benzene ring substituents is 1. The van der Waals surface area contributed by atoms with E-state index in [0.717, 1.165) is 0 Å². The van der Waals surface area contributed by atoms with E-state index < -0.39 is 17.1 Å². The van der Waals surface area contributed by atoms with Gasteiger partial charge in [0.2, 0.25) is 0 Å². The summed E-state index contributed by atoms with van der Waals surface area (Å²) in [6, 6.07) is 11.2. The highest BCUT2D eigenvalue weighted by molar-refractivity contribution is 5.89. The van der Waals surface area contributed by atoms with E-state index >= 15 is 0 Å². The van der Waals surface area contributed by atoms with Crippen LogP contribution in [0.4, 0.5) is 26.7 Å². The van der Waals surface area contributed by atoms with Gasteiger partial charge >= 0.3 is 12.2 Å². The summed E-state index contributed by atoms with van der Waals surface area (Å²) in [5, 5.41) is 16.2. The summed E-state index contributed by atoms with van der Waals surface area (Å²) in [5.41, 5.74) is 1.61. The average Bonchev–Trinajstić information content (AvgIpc) is 2.63. The standard InChI is InChI=1S/C18H19N3O6/c1-3-26-17(22)19-14-8-5-12(6-9-14)13-7-10-15(16(11-13)21(24)25)20-18(23)27-4-2/h5-11H,3-4H2,1-2H3,(H,19,22)(H,20,23). The Labute approximate surface area is 155 Å². The van der Waals surface area contributed by atoms with E-state index in [-0.39, 0.29) is 24.6 Å². The minimum Gasteiger partial charge on any atom is -0.450 e. The number of hydrogen-bond acceptors (Lipinski definition) is 6. The van der Waals surface area contributed by atoms with E-state index in [0.29, 0.717) is 16.8 Å². The molecule has 0 bridgehead atoms. The van der Waals surface area contributed by atoms with E-state index in [1.54, 1.807) is 44.2 Å². The molecular formula is C18H19N3O6. The number of benzene rings is 2. The molecule has 0 saturated carbocycles. The van der Waals surface area contributed by atoms with Gasteiger partial charge in [-0.3, -0.25) is 20.7 Å². The Balaban J connectivity index is 2.23. The predicted molar refractivity (Wildman–Crippen MR) is 99.8 cm³/mol. The van der Waals surface area contributed by atoms with Crippen molar-refractivity contribution in [3.63, 3.8) is 0 Å². The largest absolute Gasteiger partial charge is 0.450 e. The molecule has 9 heteroatoms. The lowest BCUT2D eigenvalue weighted by Crippen LogP contribution is -2.14. The quantitative estimate of drug-likeness (QED) is 0.572. The molecular weight excluding hydrogens is 354 g/mol. The summed E-state index contributed by atoms with van der Waals surface area (Å²) in [7, 11) is 0. The number of amides is 2. The maximum Gasteiger partial charge on any atom is 0.411 e. The van der Waals surface area contributed by atoms with Crippen molar-refractivity contribution in [2.24, 2.45) is 0 Å². The monoisotopic (exact) mass is 373 g/mol. The average molecular weight is 373 g/mol. The fourth-order valence-corrected chi connectivity index (χ4v) is 2.28. The minimum atomic E-state index is -0.761. The molecule has 0 aliphatic carbocycles. The van der Waals surface area contributed by atoms with Crippen molar-refractivity contribution in [2.75, 3.05) is 23.8 Å². The molecule has 0 fully saturated rings. The molecule has 0 aromatic heterocycles. The van der Waals surface area contributed by atoms with E-state index in [1.165, 1.54) is 12.1 Å². The van der Waals surface area contributed by atoms with Crippen LogP contribution in [0.5, 0.6) is 0 Å². The summed E-state index contributed by atoms with van der Waals surface area (Å²) in [6.07, 6.45) is -1.32. The molecule has 0 saturated heterocycles. The second-order valence-electron chi connectivity index (χ2n) is 5.26. The first kappa shape index (κ1) is 19.7. The molecule has 2 aromatic rings. The van der Waals surface area contributed by atoms with E-state index in [1.807, 2.05) is 0 Å². The molecule has 142 valence electrons. The van der Waals surface area contributed by atoms with Crippen LogP contribution in [0.25, 0.3) is 11.1 Å². The van der Waals surface area contributed by atoms with Gasteiger partial charge in [-0.1, -0.05) is 18.2 Å². The number of nitrogens with one attached hydrogen (secondary N) is 2. The number of rotatable bonds is 6. The van der Waals surface area contributed by atoms with Gasteiger partial charge in [-0.2, -0.15) is 0 Å². The highest BCUT2D eigenvalue weighted by Crippen LogP contribution is 2.31. The van der Waals surface area contributed by atoms with Crippen molar-refractivity contribution in [3.8, 4) is 11.1 Å². The second-order valence-corrected chi connectivity index (χ2v) is 5.26. The highest BCUT2D eigenvalue weighted by atomic mass is 16.6. The normalized spacial score (nSPS) is 10.0. The third-order valence-corrected chi connectivity index (χ3v) is 3.45. The molecule has 2 amide bonds. The van der Waals surface area contributed by atoms with E-state index in [4.69, 9.17) is 9.47 Å². The third-order valence-electron chi connectivity index (χ3n) is 3.45. The maximum atomic E-state index is 11.5. The lowest BCUT2D eigenvalue weighted by atomic mass is 10.0. The molecule has 0 unspecified atom stereocenters. The summed E-state index contributed by atoms with van der Waals surface area (Å²) < 4.78 is 9.54. The Hall–Kier alpha value is -3.62. The maximum absolute atomic E-state index is 11.5. The summed E-state index contributed by atoms with van der Waals surface area (Å²) in [5.74, 6) is 0. The van der Waals surface area contributed by atoms with E-state index in [2.05, 4.69) is 10.6 Å². The molecule has 2 N–H and O–H groups in total. The van der Waals surface area contributed by atoms with Gasteiger partial charge in [0.1, 0.15) is 5.69 Å². The topological polar surface area (TPSA) is 120 Å². The number of ether oxygens (including phenoxy) is 2. The molecule has 0 aliphatic heterocycles. The van der Waals surface area contributed by atoms with Crippen molar-refractivity contribution in [1.82, 2.24) is 0 Å². The van der Waals surface area contributed by atoms with Crippen molar-refractivity contribution in [2.45, 2.75) is 13.8 Å². The van der Waals surface area contributed by atoms with Crippen LogP contribution in [0.3, 0.4) is 0 Å². The molecule has 2 aromatic carbocycles. The lowest BCUT2D eigenvalue weighted by molar-refractivity contribution is -0.383. The lowest BCUT2D eigenvalue weighted by Gasteiger charge is -2.09. The number of anilines is 2. The zero-order valence-electron chi connectivity index (χ0n) is 14.9. The van der Waals surface area contributed by atoms with E-state index in [9.17, 15) is 19.7 Å². The first-order valence-corrected chi connectivity index (χ1v) is 8.21. The Morgan fingerprint density at radius 1 is 0.926 bits per heavy atom. The van der Waals surface area contributed by atoms with Crippen molar-refractivity contribution < 1.29 is 24.0 Å². The first-order chi connectivity index (χ1) is 12.9. The number of nitro groups is 1. The number of carbonyl (C=O) groups is 2. The van der Waals surface area contributed by atoms with Gasteiger partial charge in [-0.05, 0) is 43.2 Å². The Kier molecular flexibility index (Phi) is 6.70. The van der Waals surface area contributed by atoms with Gasteiger partial charge in [0, 0.05) is 11.8 Å². The summed E-state index contributed by atoms with van der Waals surface area (Å²) in [4.78, 5) is 33.7.